The summed E-state index contributed by atoms with van der Waals surface area (Å²) in [6.45, 7) is -0.102. The smallest absolute Gasteiger partial charge is 0.252 e. The van der Waals surface area contributed by atoms with E-state index in [1.54, 1.807) is 22.8 Å². The molecule has 0 radical (unpaired) electrons. The number of ether oxygens (including phenoxy) is 2. The second-order valence-corrected chi connectivity index (χ2v) is 10.5. The predicted octanol–water partition coefficient (Wildman–Crippen LogP) is 3.61. The molecule has 38 heavy (non-hydrogen) atoms. The molecule has 5 aromatic rings. The molecule has 2 aromatic heterocycles. The van der Waals surface area contributed by atoms with Crippen LogP contribution in [-0.2, 0) is 16.0 Å². The first-order valence-electron chi connectivity index (χ1n) is 12.2. The molecule has 5 N–H and O–H groups in total. The Morgan fingerprint density at radius 1 is 1.03 bits per heavy atom. The van der Waals surface area contributed by atoms with Gasteiger partial charge in [-0.25, -0.2) is 0 Å². The SMILES string of the molecule is CO[C@H]1[C@H](O)[C@@H](O)[C@H](n2c3c(Cl)cccc3c3c4c(c5c6cccc(Cl)c6[nH]c5c32)CNC4=O)O[C@@H]1CO. The van der Waals surface area contributed by atoms with Gasteiger partial charge in [0.15, 0.2) is 6.23 Å². The molecular weight excluding hydrogens is 533 g/mol. The lowest BCUT2D eigenvalue weighted by molar-refractivity contribution is -0.255. The maximum Gasteiger partial charge on any atom is 0.252 e. The van der Waals surface area contributed by atoms with E-state index >= 15 is 0 Å². The fourth-order valence-electron chi connectivity index (χ4n) is 6.28. The van der Waals surface area contributed by atoms with Gasteiger partial charge in [0.05, 0.1) is 44.3 Å². The number of rotatable bonds is 3. The van der Waals surface area contributed by atoms with Gasteiger partial charge in [-0.2, -0.15) is 0 Å². The molecule has 9 nitrogen and oxygen atoms in total. The maximum atomic E-state index is 13.3. The number of aromatic nitrogens is 2. The third-order valence-electron chi connectivity index (χ3n) is 7.87. The monoisotopic (exact) mass is 555 g/mol. The van der Waals surface area contributed by atoms with Crippen LogP contribution < -0.4 is 5.32 Å². The second kappa shape index (κ2) is 8.56. The van der Waals surface area contributed by atoms with Crippen LogP contribution in [0.1, 0.15) is 22.1 Å². The number of carbonyl (C=O) groups excluding carboxylic acids is 1. The van der Waals surface area contributed by atoms with Crippen molar-refractivity contribution in [2.75, 3.05) is 13.7 Å². The molecule has 2 aliphatic rings. The lowest BCUT2D eigenvalue weighted by Crippen LogP contribution is -2.57. The number of benzene rings is 3. The number of hydrogen-bond donors (Lipinski definition) is 5. The molecule has 0 unspecified atom stereocenters. The molecule has 1 fully saturated rings. The average molecular weight is 556 g/mol. The predicted molar refractivity (Wildman–Crippen MR) is 144 cm³/mol. The van der Waals surface area contributed by atoms with Crippen LogP contribution in [0.5, 0.6) is 0 Å². The van der Waals surface area contributed by atoms with Crippen molar-refractivity contribution in [2.45, 2.75) is 37.2 Å². The van der Waals surface area contributed by atoms with E-state index in [-0.39, 0.29) is 5.91 Å². The third kappa shape index (κ3) is 3.03. The second-order valence-electron chi connectivity index (χ2n) is 9.73. The Hall–Kier alpha value is -2.89. The number of aliphatic hydroxyl groups excluding tert-OH is 3. The van der Waals surface area contributed by atoms with Crippen LogP contribution in [0, 0.1) is 0 Å². The third-order valence-corrected chi connectivity index (χ3v) is 8.49. The summed E-state index contributed by atoms with van der Waals surface area (Å²) in [5.41, 5.74) is 3.83. The van der Waals surface area contributed by atoms with Crippen molar-refractivity contribution in [3.05, 3.63) is 57.6 Å². The highest BCUT2D eigenvalue weighted by atomic mass is 35.5. The number of hydrogen-bond acceptors (Lipinski definition) is 6. The lowest BCUT2D eigenvalue weighted by atomic mass is 9.96. The molecular formula is C27H23Cl2N3O6. The van der Waals surface area contributed by atoms with Crippen molar-refractivity contribution in [1.82, 2.24) is 14.9 Å². The molecule has 11 heteroatoms. The first-order chi connectivity index (χ1) is 18.4. The summed E-state index contributed by atoms with van der Waals surface area (Å²) in [7, 11) is 1.38. The van der Waals surface area contributed by atoms with Crippen LogP contribution >= 0.6 is 23.2 Å². The van der Waals surface area contributed by atoms with Crippen molar-refractivity contribution in [3.63, 3.8) is 0 Å². The van der Waals surface area contributed by atoms with Crippen molar-refractivity contribution in [1.29, 1.82) is 0 Å². The van der Waals surface area contributed by atoms with Gasteiger partial charge < -0.3 is 39.7 Å². The summed E-state index contributed by atoms with van der Waals surface area (Å²) < 4.78 is 13.3. The summed E-state index contributed by atoms with van der Waals surface area (Å²) >= 11 is 13.4. The quantitative estimate of drug-likeness (QED) is 0.231. The van der Waals surface area contributed by atoms with E-state index in [4.69, 9.17) is 32.7 Å². The molecule has 0 spiro atoms. The number of fused-ring (bicyclic) bond motifs is 10. The largest absolute Gasteiger partial charge is 0.394 e. The summed E-state index contributed by atoms with van der Waals surface area (Å²) in [6.07, 6.45) is -5.85. The fourth-order valence-corrected chi connectivity index (χ4v) is 6.77. The van der Waals surface area contributed by atoms with Gasteiger partial charge in [-0.05, 0) is 17.7 Å². The molecule has 5 atom stereocenters. The van der Waals surface area contributed by atoms with Crippen LogP contribution in [0.25, 0.3) is 43.6 Å². The van der Waals surface area contributed by atoms with Crippen LogP contribution in [0.4, 0.5) is 0 Å². The van der Waals surface area contributed by atoms with Crippen LogP contribution in [0.3, 0.4) is 0 Å². The minimum atomic E-state index is -1.44. The molecule has 2 aliphatic heterocycles. The Kier molecular flexibility index (Phi) is 5.44. The minimum absolute atomic E-state index is 0.222. The number of aliphatic hydroxyl groups is 3. The van der Waals surface area contributed by atoms with Crippen molar-refractivity contribution in [2.24, 2.45) is 0 Å². The van der Waals surface area contributed by atoms with Gasteiger partial charge >= 0.3 is 0 Å². The molecule has 3 aromatic carbocycles. The number of carbonyl (C=O) groups is 1. The molecule has 4 heterocycles. The van der Waals surface area contributed by atoms with Gasteiger partial charge in [0.25, 0.3) is 5.91 Å². The first-order valence-corrected chi connectivity index (χ1v) is 12.9. The zero-order valence-corrected chi connectivity index (χ0v) is 21.5. The van der Waals surface area contributed by atoms with Gasteiger partial charge in [0, 0.05) is 35.2 Å². The fraction of sp³-hybridized carbons (Fsp3) is 0.296. The van der Waals surface area contributed by atoms with Gasteiger partial charge in [0.2, 0.25) is 0 Å². The Morgan fingerprint density at radius 2 is 1.76 bits per heavy atom. The number of nitrogens with one attached hydrogen (secondary N) is 2. The number of amides is 1. The molecule has 1 amide bonds. The topological polar surface area (TPSA) is 129 Å². The normalized spacial score (nSPS) is 25.6. The van der Waals surface area contributed by atoms with Gasteiger partial charge in [-0.1, -0.05) is 47.5 Å². The van der Waals surface area contributed by atoms with Crippen molar-refractivity contribution >= 4 is 72.7 Å². The zero-order valence-electron chi connectivity index (χ0n) is 20.0. The molecule has 7 rings (SSSR count). The lowest BCUT2D eigenvalue weighted by Gasteiger charge is -2.42. The number of aromatic amines is 1. The van der Waals surface area contributed by atoms with Crippen LogP contribution in [-0.4, -0.2) is 68.9 Å². The molecule has 0 bridgehead atoms. The highest BCUT2D eigenvalue weighted by Crippen LogP contribution is 2.48. The zero-order chi connectivity index (χ0) is 26.5. The number of methoxy groups -OCH3 is 1. The summed E-state index contributed by atoms with van der Waals surface area (Å²) in [4.78, 5) is 16.8. The maximum absolute atomic E-state index is 13.3. The van der Waals surface area contributed by atoms with Gasteiger partial charge in [-0.15, -0.1) is 0 Å². The van der Waals surface area contributed by atoms with E-state index in [9.17, 15) is 20.1 Å². The number of nitrogens with zero attached hydrogens (tertiary/aromatic N) is 1. The summed E-state index contributed by atoms with van der Waals surface area (Å²) in [5.74, 6) is -0.222. The van der Waals surface area contributed by atoms with Crippen LogP contribution in [0.15, 0.2) is 36.4 Å². The van der Waals surface area contributed by atoms with E-state index in [2.05, 4.69) is 10.3 Å². The highest BCUT2D eigenvalue weighted by molar-refractivity contribution is 6.40. The van der Waals surface area contributed by atoms with Crippen molar-refractivity contribution < 1.29 is 29.6 Å². The molecule has 1 saturated heterocycles. The van der Waals surface area contributed by atoms with E-state index in [0.717, 1.165) is 16.3 Å². The van der Waals surface area contributed by atoms with E-state index in [1.165, 1.54) is 7.11 Å². The van der Waals surface area contributed by atoms with Crippen molar-refractivity contribution in [3.8, 4) is 0 Å². The molecule has 0 saturated carbocycles. The number of para-hydroxylation sites is 2. The Balaban J connectivity index is 1.69. The number of H-pyrrole nitrogens is 1. The van der Waals surface area contributed by atoms with Crippen LogP contribution in [0.2, 0.25) is 10.0 Å². The average Bonchev–Trinajstić information content (AvgIpc) is 3.58. The van der Waals surface area contributed by atoms with E-state index in [0.29, 0.717) is 55.0 Å². The van der Waals surface area contributed by atoms with E-state index in [1.807, 2.05) is 18.2 Å². The summed E-state index contributed by atoms with van der Waals surface area (Å²) in [6, 6.07) is 11.0. The molecule has 0 aliphatic carbocycles. The highest BCUT2D eigenvalue weighted by Gasteiger charge is 2.47. The molecule has 196 valence electrons. The Bertz CT molecular complexity index is 1790. The first kappa shape index (κ1) is 24.2. The standard InChI is InChI=1S/C27H23Cl2N3O6/c1-37-25-15(9-33)38-27(24(35)23(25)34)32-21-11(5-3-7-14(21)29)17-18-12(8-30-26(18)36)16-10-4-2-6-13(28)19(10)31-20(16)22(17)32/h2-7,15,23-25,27,31,33-35H,8-9H2,1H3,(H,30,36)/t15-,23-,24-,25-,27-/m1/s1. The summed E-state index contributed by atoms with van der Waals surface area (Å²) in [5, 5.41) is 39.2. The van der Waals surface area contributed by atoms with Gasteiger partial charge in [-0.3, -0.25) is 4.79 Å². The Morgan fingerprint density at radius 3 is 2.50 bits per heavy atom. The Labute approximate surface area is 225 Å². The number of halogens is 2. The van der Waals surface area contributed by atoms with Gasteiger partial charge in [0.1, 0.15) is 24.4 Å². The minimum Gasteiger partial charge on any atom is -0.394 e. The van der Waals surface area contributed by atoms with E-state index < -0.39 is 37.3 Å².